The molecule has 1 aliphatic rings. The van der Waals surface area contributed by atoms with Crippen molar-refractivity contribution in [2.75, 3.05) is 13.1 Å². The number of carbonyl (C=O) groups is 2. The Morgan fingerprint density at radius 2 is 2.17 bits per heavy atom. The first-order valence-electron chi connectivity index (χ1n) is 7.44. The number of fused-ring (bicyclic) bond motifs is 1. The van der Waals surface area contributed by atoms with Crippen molar-refractivity contribution >= 4 is 11.8 Å². The van der Waals surface area contributed by atoms with E-state index in [-0.39, 0.29) is 17.7 Å². The highest BCUT2D eigenvalue weighted by molar-refractivity contribution is 5.93. The molecule has 0 radical (unpaired) electrons. The minimum Gasteiger partial charge on any atom is -0.352 e. The van der Waals surface area contributed by atoms with Gasteiger partial charge in [-0.2, -0.15) is 10.2 Å². The van der Waals surface area contributed by atoms with E-state index >= 15 is 0 Å². The predicted octanol–water partition coefficient (Wildman–Crippen LogP) is 0.0814. The Bertz CT molecular complexity index is 699. The van der Waals surface area contributed by atoms with Crippen LogP contribution in [0.4, 0.5) is 0 Å². The third-order valence-electron chi connectivity index (χ3n) is 3.91. The van der Waals surface area contributed by atoms with Crippen LogP contribution in [-0.4, -0.2) is 49.6 Å². The van der Waals surface area contributed by atoms with Crippen molar-refractivity contribution in [3.63, 3.8) is 0 Å². The largest absolute Gasteiger partial charge is 0.352 e. The molecule has 0 fully saturated rings. The van der Waals surface area contributed by atoms with E-state index in [9.17, 15) is 9.59 Å². The lowest BCUT2D eigenvalue weighted by Gasteiger charge is -2.22. The summed E-state index contributed by atoms with van der Waals surface area (Å²) in [5.41, 5.74) is 0.473. The molecule has 0 aliphatic carbocycles. The van der Waals surface area contributed by atoms with Gasteiger partial charge in [0.25, 0.3) is 5.91 Å². The van der Waals surface area contributed by atoms with Crippen molar-refractivity contribution in [2.24, 2.45) is 5.92 Å². The fraction of sp³-hybridized carbons (Fsp3) is 0.400. The summed E-state index contributed by atoms with van der Waals surface area (Å²) < 4.78 is 2.04. The van der Waals surface area contributed by atoms with Crippen molar-refractivity contribution in [3.8, 4) is 0 Å². The first-order valence-corrected chi connectivity index (χ1v) is 7.44. The van der Waals surface area contributed by atoms with Gasteiger partial charge in [-0.1, -0.05) is 0 Å². The zero-order valence-electron chi connectivity index (χ0n) is 12.8. The molecular formula is C15H18N6O2. The number of aromatic nitrogens is 4. The van der Waals surface area contributed by atoms with Crippen LogP contribution in [0.1, 0.15) is 23.1 Å². The summed E-state index contributed by atoms with van der Waals surface area (Å²) in [5, 5.41) is 10.3. The lowest BCUT2D eigenvalue weighted by atomic mass is 10.1. The highest BCUT2D eigenvalue weighted by Crippen LogP contribution is 2.15. The molecular weight excluding hydrogens is 296 g/mol. The maximum absolute atomic E-state index is 12.1. The molecule has 3 heterocycles. The average Bonchev–Trinajstić information content (AvgIpc) is 2.91. The lowest BCUT2D eigenvalue weighted by molar-refractivity contribution is -0.130. The molecule has 0 saturated heterocycles. The number of nitrogens with zero attached hydrogens (tertiary/aromatic N) is 5. The molecule has 1 aliphatic heterocycles. The predicted molar refractivity (Wildman–Crippen MR) is 81.2 cm³/mol. The Kier molecular flexibility index (Phi) is 4.31. The third-order valence-corrected chi connectivity index (χ3v) is 3.91. The Morgan fingerprint density at radius 3 is 2.91 bits per heavy atom. The summed E-state index contributed by atoms with van der Waals surface area (Å²) >= 11 is 0. The molecule has 0 aromatic carbocycles. The van der Waals surface area contributed by atoms with Crippen molar-refractivity contribution < 1.29 is 9.59 Å². The van der Waals surface area contributed by atoms with E-state index in [4.69, 9.17) is 0 Å². The van der Waals surface area contributed by atoms with Gasteiger partial charge in [0, 0.05) is 44.9 Å². The van der Waals surface area contributed by atoms with E-state index in [0.717, 1.165) is 5.82 Å². The van der Waals surface area contributed by atoms with Gasteiger partial charge in [0.15, 0.2) is 0 Å². The fourth-order valence-corrected chi connectivity index (χ4v) is 2.67. The molecule has 1 N–H and O–H groups in total. The second kappa shape index (κ2) is 6.55. The van der Waals surface area contributed by atoms with E-state index in [1.54, 1.807) is 24.1 Å². The Morgan fingerprint density at radius 1 is 1.30 bits per heavy atom. The van der Waals surface area contributed by atoms with Gasteiger partial charge in [-0.3, -0.25) is 9.59 Å². The number of carbonyl (C=O) groups excluding carboxylic acids is 2. The molecule has 0 spiro atoms. The zero-order chi connectivity index (χ0) is 16.2. The number of rotatable bonds is 3. The van der Waals surface area contributed by atoms with Crippen LogP contribution in [-0.2, 0) is 17.9 Å². The van der Waals surface area contributed by atoms with Crippen LogP contribution in [0.5, 0.6) is 0 Å². The summed E-state index contributed by atoms with van der Waals surface area (Å²) in [6.07, 6.45) is 6.55. The smallest absolute Gasteiger partial charge is 0.252 e. The van der Waals surface area contributed by atoms with Gasteiger partial charge in [0.05, 0.1) is 24.5 Å². The second-order valence-electron chi connectivity index (χ2n) is 5.60. The van der Waals surface area contributed by atoms with Crippen molar-refractivity contribution in [2.45, 2.75) is 20.0 Å². The molecule has 23 heavy (non-hydrogen) atoms. The van der Waals surface area contributed by atoms with E-state index in [1.807, 2.05) is 10.8 Å². The molecule has 2 amide bonds. The first kappa shape index (κ1) is 15.1. The minimum atomic E-state index is -0.190. The van der Waals surface area contributed by atoms with Gasteiger partial charge in [-0.25, -0.2) is 4.98 Å². The molecule has 2 aromatic rings. The van der Waals surface area contributed by atoms with Crippen LogP contribution in [0.25, 0.3) is 0 Å². The molecule has 3 rings (SSSR count). The van der Waals surface area contributed by atoms with Crippen LogP contribution >= 0.6 is 0 Å². The summed E-state index contributed by atoms with van der Waals surface area (Å²) in [5.74, 6) is 0.806. The highest BCUT2D eigenvalue weighted by atomic mass is 16.2. The molecule has 120 valence electrons. The quantitative estimate of drug-likeness (QED) is 0.866. The molecule has 8 nitrogen and oxygen atoms in total. The fourth-order valence-electron chi connectivity index (χ4n) is 2.67. The van der Waals surface area contributed by atoms with Crippen molar-refractivity contribution in [1.82, 2.24) is 30.0 Å². The molecule has 0 bridgehead atoms. The van der Waals surface area contributed by atoms with E-state index in [2.05, 4.69) is 20.5 Å². The van der Waals surface area contributed by atoms with Crippen molar-refractivity contribution in [3.05, 3.63) is 42.2 Å². The Hall–Kier alpha value is -2.77. The number of nitrogens with one attached hydrogen (secondary N) is 1. The lowest BCUT2D eigenvalue weighted by Crippen LogP contribution is -2.38. The Labute approximate surface area is 133 Å². The van der Waals surface area contributed by atoms with Crippen LogP contribution in [0.3, 0.4) is 0 Å². The standard InChI is InChI=1S/C15H18N6O2/c1-11(22)21-9-12(8-20-5-4-16-14(20)10-21)6-17-15(23)13-2-3-18-19-7-13/h2-5,7,12H,6,8-10H2,1H3,(H,17,23)/t12-/m0/s1. The van der Waals surface area contributed by atoms with Crippen LogP contribution < -0.4 is 5.32 Å². The molecule has 1 atom stereocenters. The van der Waals surface area contributed by atoms with E-state index < -0.39 is 0 Å². The van der Waals surface area contributed by atoms with Gasteiger partial charge < -0.3 is 14.8 Å². The number of hydrogen-bond acceptors (Lipinski definition) is 5. The number of amides is 2. The third kappa shape index (κ3) is 3.53. The second-order valence-corrected chi connectivity index (χ2v) is 5.60. The van der Waals surface area contributed by atoms with Crippen LogP contribution in [0.15, 0.2) is 30.9 Å². The number of imidazole rings is 1. The average molecular weight is 314 g/mol. The summed E-state index contributed by atoms with van der Waals surface area (Å²) in [4.78, 5) is 29.9. The van der Waals surface area contributed by atoms with Crippen LogP contribution in [0.2, 0.25) is 0 Å². The van der Waals surface area contributed by atoms with Crippen LogP contribution in [0, 0.1) is 5.92 Å². The first-order chi connectivity index (χ1) is 11.1. The topological polar surface area (TPSA) is 93.0 Å². The highest BCUT2D eigenvalue weighted by Gasteiger charge is 2.24. The molecule has 0 saturated carbocycles. The Balaban J connectivity index is 1.67. The van der Waals surface area contributed by atoms with Gasteiger partial charge in [0.1, 0.15) is 5.82 Å². The summed E-state index contributed by atoms with van der Waals surface area (Å²) in [6.45, 7) is 3.84. The minimum absolute atomic E-state index is 0.0103. The van der Waals surface area contributed by atoms with E-state index in [0.29, 0.717) is 31.7 Å². The number of hydrogen-bond donors (Lipinski definition) is 1. The SMILES string of the molecule is CC(=O)N1Cc2nccn2C[C@H](CNC(=O)c2ccnnc2)C1. The van der Waals surface area contributed by atoms with Crippen molar-refractivity contribution in [1.29, 1.82) is 0 Å². The summed E-state index contributed by atoms with van der Waals surface area (Å²) in [7, 11) is 0. The monoisotopic (exact) mass is 314 g/mol. The molecule has 8 heteroatoms. The normalized spacial score (nSPS) is 17.3. The molecule has 0 unspecified atom stereocenters. The van der Waals surface area contributed by atoms with Gasteiger partial charge >= 0.3 is 0 Å². The summed E-state index contributed by atoms with van der Waals surface area (Å²) in [6, 6.07) is 1.62. The van der Waals surface area contributed by atoms with Gasteiger partial charge in [0.2, 0.25) is 5.91 Å². The van der Waals surface area contributed by atoms with E-state index in [1.165, 1.54) is 12.4 Å². The maximum Gasteiger partial charge on any atom is 0.252 e. The maximum atomic E-state index is 12.1. The molecule has 2 aromatic heterocycles. The zero-order valence-corrected chi connectivity index (χ0v) is 12.8. The van der Waals surface area contributed by atoms with Gasteiger partial charge in [-0.15, -0.1) is 0 Å². The van der Waals surface area contributed by atoms with Gasteiger partial charge in [-0.05, 0) is 6.07 Å².